The van der Waals surface area contributed by atoms with Crippen LogP contribution in [0.2, 0.25) is 0 Å². The van der Waals surface area contributed by atoms with Crippen LogP contribution < -0.4 is 0 Å². The molecule has 0 fully saturated rings. The molecule has 0 aliphatic carbocycles. The number of ether oxygens (including phenoxy) is 3. The lowest BCUT2D eigenvalue weighted by Gasteiger charge is -2.18. The van der Waals surface area contributed by atoms with Crippen molar-refractivity contribution in [2.24, 2.45) is 0 Å². The first-order valence-corrected chi connectivity index (χ1v) is 6.94. The fraction of sp³-hybridized carbons (Fsp3) is 0.750. The fourth-order valence-electron chi connectivity index (χ4n) is 1.16. The first-order chi connectivity index (χ1) is 8.71. The van der Waals surface area contributed by atoms with E-state index in [9.17, 15) is 0 Å². The van der Waals surface area contributed by atoms with Gasteiger partial charge in [-0.25, -0.2) is 0 Å². The van der Waals surface area contributed by atoms with Crippen molar-refractivity contribution in [3.63, 3.8) is 0 Å². The summed E-state index contributed by atoms with van der Waals surface area (Å²) in [5.74, 6) is 0. The predicted octanol–water partition coefficient (Wildman–Crippen LogP) is 4.44. The van der Waals surface area contributed by atoms with Gasteiger partial charge in [-0.15, -0.1) is 0 Å². The Morgan fingerprint density at radius 1 is 0.684 bits per heavy atom. The molecule has 0 aliphatic rings. The zero-order valence-corrected chi connectivity index (χ0v) is 13.4. The highest BCUT2D eigenvalue weighted by Gasteiger charge is 2.08. The molecule has 0 radical (unpaired) electrons. The van der Waals surface area contributed by atoms with E-state index in [1.807, 2.05) is 12.2 Å². The minimum absolute atomic E-state index is 0.0678. The Morgan fingerprint density at radius 2 is 1.05 bits per heavy atom. The average molecular weight is 270 g/mol. The third-order valence-electron chi connectivity index (χ3n) is 1.99. The Hall–Kier alpha value is -0.800. The van der Waals surface area contributed by atoms with E-state index in [0.717, 1.165) is 12.8 Å². The number of hydrogen-bond donors (Lipinski definition) is 0. The second-order valence-corrected chi connectivity index (χ2v) is 6.38. The Morgan fingerprint density at radius 3 is 1.37 bits per heavy atom. The van der Waals surface area contributed by atoms with Gasteiger partial charge in [-0.3, -0.25) is 0 Å². The van der Waals surface area contributed by atoms with Crippen molar-refractivity contribution in [2.75, 3.05) is 13.2 Å². The molecule has 0 heterocycles. The van der Waals surface area contributed by atoms with Crippen LogP contribution in [0.4, 0.5) is 0 Å². The summed E-state index contributed by atoms with van der Waals surface area (Å²) in [6, 6.07) is 0. The standard InChI is InChI=1S/C16H30O3/c1-15(2,3)18-13-9-7-11-17-12-8-10-14-19-16(4,5)6/h7-8,11-12H,9-10,13-14H2,1-6H3. The molecular weight excluding hydrogens is 240 g/mol. The van der Waals surface area contributed by atoms with Crippen LogP contribution in [0.15, 0.2) is 24.7 Å². The van der Waals surface area contributed by atoms with Gasteiger partial charge in [0.1, 0.15) is 0 Å². The lowest BCUT2D eigenvalue weighted by atomic mass is 10.2. The summed E-state index contributed by atoms with van der Waals surface area (Å²) in [4.78, 5) is 0. The van der Waals surface area contributed by atoms with E-state index in [1.165, 1.54) is 0 Å². The average Bonchev–Trinajstić information content (AvgIpc) is 2.22. The highest BCUT2D eigenvalue weighted by Crippen LogP contribution is 2.07. The molecule has 0 N–H and O–H groups in total. The van der Waals surface area contributed by atoms with Gasteiger partial charge in [0.2, 0.25) is 0 Å². The van der Waals surface area contributed by atoms with Crippen molar-refractivity contribution in [1.82, 2.24) is 0 Å². The summed E-state index contributed by atoms with van der Waals surface area (Å²) in [6.07, 6.45) is 9.01. The molecule has 0 spiro atoms. The topological polar surface area (TPSA) is 27.7 Å². The van der Waals surface area contributed by atoms with Crippen molar-refractivity contribution < 1.29 is 14.2 Å². The van der Waals surface area contributed by atoms with Crippen LogP contribution in [0.3, 0.4) is 0 Å². The van der Waals surface area contributed by atoms with Gasteiger partial charge >= 0.3 is 0 Å². The third-order valence-corrected chi connectivity index (χ3v) is 1.99. The Kier molecular flexibility index (Phi) is 8.77. The fourth-order valence-corrected chi connectivity index (χ4v) is 1.16. The SMILES string of the molecule is CC(C)(C)OCCC=COC=CCCOC(C)(C)C. The first-order valence-electron chi connectivity index (χ1n) is 6.94. The van der Waals surface area contributed by atoms with Crippen molar-refractivity contribution in [1.29, 1.82) is 0 Å². The summed E-state index contributed by atoms with van der Waals surface area (Å²) >= 11 is 0. The van der Waals surface area contributed by atoms with E-state index >= 15 is 0 Å². The quantitative estimate of drug-likeness (QED) is 0.482. The summed E-state index contributed by atoms with van der Waals surface area (Å²) in [5, 5.41) is 0. The molecule has 3 heteroatoms. The van der Waals surface area contributed by atoms with E-state index in [2.05, 4.69) is 41.5 Å². The maximum Gasteiger partial charge on any atom is 0.0862 e. The smallest absolute Gasteiger partial charge is 0.0862 e. The zero-order valence-electron chi connectivity index (χ0n) is 13.4. The number of hydrogen-bond acceptors (Lipinski definition) is 3. The van der Waals surface area contributed by atoms with E-state index < -0.39 is 0 Å². The second-order valence-electron chi connectivity index (χ2n) is 6.38. The summed E-state index contributed by atoms with van der Waals surface area (Å²) in [6.45, 7) is 13.7. The van der Waals surface area contributed by atoms with Gasteiger partial charge in [-0.05, 0) is 66.5 Å². The van der Waals surface area contributed by atoms with Gasteiger partial charge in [0.25, 0.3) is 0 Å². The molecule has 112 valence electrons. The lowest BCUT2D eigenvalue weighted by molar-refractivity contribution is -0.000460. The molecule has 0 aromatic heterocycles. The molecule has 0 saturated heterocycles. The molecule has 0 amide bonds. The van der Waals surface area contributed by atoms with Crippen molar-refractivity contribution in [3.8, 4) is 0 Å². The van der Waals surface area contributed by atoms with Crippen LogP contribution in [-0.2, 0) is 14.2 Å². The van der Waals surface area contributed by atoms with Crippen LogP contribution >= 0.6 is 0 Å². The van der Waals surface area contributed by atoms with Crippen molar-refractivity contribution in [2.45, 2.75) is 65.6 Å². The Labute approximate surface area is 118 Å². The zero-order chi connectivity index (χ0) is 14.8. The molecule has 3 nitrogen and oxygen atoms in total. The monoisotopic (exact) mass is 270 g/mol. The van der Waals surface area contributed by atoms with Gasteiger partial charge in [0.05, 0.1) is 36.9 Å². The summed E-state index contributed by atoms with van der Waals surface area (Å²) in [5.41, 5.74) is -0.136. The summed E-state index contributed by atoms with van der Waals surface area (Å²) in [7, 11) is 0. The van der Waals surface area contributed by atoms with Crippen LogP contribution in [-0.4, -0.2) is 24.4 Å². The van der Waals surface area contributed by atoms with Crippen molar-refractivity contribution >= 4 is 0 Å². The molecule has 0 bridgehead atoms. The highest BCUT2D eigenvalue weighted by molar-refractivity contribution is 4.80. The highest BCUT2D eigenvalue weighted by atomic mass is 16.5. The Balaban J connectivity index is 3.43. The van der Waals surface area contributed by atoms with E-state index in [1.54, 1.807) is 12.5 Å². The van der Waals surface area contributed by atoms with Crippen LogP contribution in [0, 0.1) is 0 Å². The van der Waals surface area contributed by atoms with Gasteiger partial charge in [0, 0.05) is 0 Å². The maximum absolute atomic E-state index is 5.58. The molecule has 0 aromatic rings. The molecular formula is C16H30O3. The molecule has 19 heavy (non-hydrogen) atoms. The minimum Gasteiger partial charge on any atom is -0.473 e. The van der Waals surface area contributed by atoms with Crippen LogP contribution in [0.1, 0.15) is 54.4 Å². The molecule has 0 unspecified atom stereocenters. The predicted molar refractivity (Wildman–Crippen MR) is 80.0 cm³/mol. The first kappa shape index (κ1) is 18.2. The van der Waals surface area contributed by atoms with Crippen LogP contribution in [0.5, 0.6) is 0 Å². The molecule has 0 rings (SSSR count). The van der Waals surface area contributed by atoms with Gasteiger partial charge in [-0.1, -0.05) is 0 Å². The maximum atomic E-state index is 5.58. The largest absolute Gasteiger partial charge is 0.473 e. The van der Waals surface area contributed by atoms with E-state index in [0.29, 0.717) is 13.2 Å². The van der Waals surface area contributed by atoms with Crippen LogP contribution in [0.25, 0.3) is 0 Å². The molecule has 0 saturated carbocycles. The molecule has 0 aliphatic heterocycles. The van der Waals surface area contributed by atoms with Gasteiger partial charge in [-0.2, -0.15) is 0 Å². The van der Waals surface area contributed by atoms with Gasteiger partial charge < -0.3 is 14.2 Å². The van der Waals surface area contributed by atoms with E-state index in [-0.39, 0.29) is 11.2 Å². The molecule has 0 atom stereocenters. The summed E-state index contributed by atoms with van der Waals surface area (Å²) < 4.78 is 16.4. The molecule has 0 aromatic carbocycles. The van der Waals surface area contributed by atoms with Crippen molar-refractivity contribution in [3.05, 3.63) is 24.7 Å². The third kappa shape index (κ3) is 17.2. The van der Waals surface area contributed by atoms with Gasteiger partial charge in [0.15, 0.2) is 0 Å². The number of rotatable bonds is 8. The lowest BCUT2D eigenvalue weighted by Crippen LogP contribution is -2.19. The normalized spacial score (nSPS) is 13.6. The Bertz CT molecular complexity index is 239. The second kappa shape index (κ2) is 9.16. The minimum atomic E-state index is -0.0678. The van der Waals surface area contributed by atoms with E-state index in [4.69, 9.17) is 14.2 Å².